The van der Waals surface area contributed by atoms with E-state index in [0.29, 0.717) is 23.6 Å². The van der Waals surface area contributed by atoms with Crippen molar-refractivity contribution in [2.45, 2.75) is 6.18 Å². The minimum absolute atomic E-state index is 0.0896. The zero-order valence-corrected chi connectivity index (χ0v) is 15.4. The average Bonchev–Trinajstić information content (AvgIpc) is 2.73. The van der Waals surface area contributed by atoms with Gasteiger partial charge in [0.2, 0.25) is 0 Å². The van der Waals surface area contributed by atoms with Crippen molar-refractivity contribution in [3.8, 4) is 11.3 Å². The van der Waals surface area contributed by atoms with Gasteiger partial charge in [0, 0.05) is 23.3 Å². The molecule has 1 aromatic carbocycles. The molecular weight excluding hydrogens is 418 g/mol. The van der Waals surface area contributed by atoms with Crippen LogP contribution >= 0.6 is 0 Å². The average molecular weight is 429 g/mol. The van der Waals surface area contributed by atoms with Crippen LogP contribution in [0.1, 0.15) is 5.56 Å². The summed E-state index contributed by atoms with van der Waals surface area (Å²) in [5.74, 6) is -0.906. The normalized spacial score (nSPS) is 11.5. The lowest BCUT2D eigenvalue weighted by atomic mass is 10.0. The van der Waals surface area contributed by atoms with E-state index >= 15 is 0 Å². The summed E-state index contributed by atoms with van der Waals surface area (Å²) in [5, 5.41) is 14.6. The lowest BCUT2D eigenvalue weighted by Gasteiger charge is -2.13. The smallest absolute Gasteiger partial charge is 0.349 e. The molecule has 3 aromatic heterocycles. The number of anilines is 2. The Morgan fingerprint density at radius 3 is 2.58 bits per heavy atom. The highest BCUT2D eigenvalue weighted by Crippen LogP contribution is 2.36. The quantitative estimate of drug-likeness (QED) is 0.262. The third kappa shape index (κ3) is 3.97. The van der Waals surface area contributed by atoms with Crippen molar-refractivity contribution in [1.29, 1.82) is 0 Å². The Morgan fingerprint density at radius 1 is 1.03 bits per heavy atom. The van der Waals surface area contributed by atoms with Gasteiger partial charge in [-0.25, -0.2) is 14.4 Å². The fraction of sp³-hybridized carbons (Fsp3) is 0.0500. The van der Waals surface area contributed by atoms with Gasteiger partial charge in [-0.05, 0) is 42.5 Å². The fourth-order valence-corrected chi connectivity index (χ4v) is 2.98. The van der Waals surface area contributed by atoms with E-state index < -0.39 is 22.5 Å². The minimum Gasteiger partial charge on any atom is -0.349 e. The third-order valence-electron chi connectivity index (χ3n) is 4.42. The van der Waals surface area contributed by atoms with Gasteiger partial charge < -0.3 is 5.32 Å². The summed E-state index contributed by atoms with van der Waals surface area (Å²) in [6.07, 6.45) is -0.863. The summed E-state index contributed by atoms with van der Waals surface area (Å²) >= 11 is 0. The predicted molar refractivity (Wildman–Crippen MR) is 104 cm³/mol. The van der Waals surface area contributed by atoms with Crippen LogP contribution in [0.4, 0.5) is 34.6 Å². The number of nitrogens with one attached hydrogen (secondary N) is 1. The van der Waals surface area contributed by atoms with E-state index in [2.05, 4.69) is 20.3 Å². The zero-order chi connectivity index (χ0) is 22.2. The highest BCUT2D eigenvalue weighted by atomic mass is 19.4. The van der Waals surface area contributed by atoms with E-state index in [0.717, 1.165) is 6.20 Å². The maximum absolute atomic E-state index is 14.4. The van der Waals surface area contributed by atoms with Crippen molar-refractivity contribution in [2.75, 3.05) is 5.32 Å². The number of halogens is 4. The number of alkyl halides is 3. The third-order valence-corrected chi connectivity index (χ3v) is 4.42. The van der Waals surface area contributed by atoms with Gasteiger partial charge in [0.1, 0.15) is 17.7 Å². The number of rotatable bonds is 4. The molecule has 0 aliphatic heterocycles. The SMILES string of the molecule is O=[N+]([O-])c1cnccc1Nc1cc(-c2cc(C(F)(F)F)ccc2F)nc2ncccc12. The molecule has 0 radical (unpaired) electrons. The topological polar surface area (TPSA) is 93.8 Å². The van der Waals surface area contributed by atoms with Gasteiger partial charge in [-0.3, -0.25) is 15.1 Å². The van der Waals surface area contributed by atoms with Crippen LogP contribution in [-0.4, -0.2) is 19.9 Å². The van der Waals surface area contributed by atoms with Gasteiger partial charge in [0.25, 0.3) is 0 Å². The number of hydrogen-bond acceptors (Lipinski definition) is 6. The minimum atomic E-state index is -4.67. The monoisotopic (exact) mass is 429 g/mol. The second-order valence-electron chi connectivity index (χ2n) is 6.40. The molecule has 0 atom stereocenters. The van der Waals surface area contributed by atoms with Gasteiger partial charge in [-0.2, -0.15) is 13.2 Å². The van der Waals surface area contributed by atoms with Crippen LogP contribution in [0.25, 0.3) is 22.3 Å². The van der Waals surface area contributed by atoms with Crippen LogP contribution in [0.15, 0.2) is 61.1 Å². The van der Waals surface area contributed by atoms with Gasteiger partial charge in [0.05, 0.1) is 21.9 Å². The number of fused-ring (bicyclic) bond motifs is 1. The summed E-state index contributed by atoms with van der Waals surface area (Å²) < 4.78 is 53.8. The Balaban J connectivity index is 1.90. The van der Waals surface area contributed by atoms with Crippen molar-refractivity contribution in [2.24, 2.45) is 0 Å². The molecule has 0 amide bonds. The number of aromatic nitrogens is 3. The number of nitro groups is 1. The lowest BCUT2D eigenvalue weighted by molar-refractivity contribution is -0.384. The first-order valence-corrected chi connectivity index (χ1v) is 8.72. The molecule has 3 heterocycles. The standard InChI is InChI=1S/C20H11F4N5O2/c21-14-4-3-11(20(22,23)24)8-13(14)17-9-16(12-2-1-6-26-19(12)28-17)27-15-5-7-25-10-18(15)29(30)31/h1-10H,(H,25,26,27,28). The molecule has 0 fully saturated rings. The molecule has 0 spiro atoms. The molecular formula is C20H11F4N5O2. The largest absolute Gasteiger partial charge is 0.416 e. The van der Waals surface area contributed by atoms with E-state index in [1.165, 1.54) is 24.5 Å². The van der Waals surface area contributed by atoms with E-state index in [9.17, 15) is 27.7 Å². The molecule has 0 aliphatic carbocycles. The predicted octanol–water partition coefficient (Wildman–Crippen LogP) is 5.50. The molecule has 1 N–H and O–H groups in total. The molecule has 0 unspecified atom stereocenters. The molecule has 156 valence electrons. The number of hydrogen-bond donors (Lipinski definition) is 1. The number of pyridine rings is 3. The van der Waals surface area contributed by atoms with Crippen LogP contribution in [0.5, 0.6) is 0 Å². The Bertz CT molecular complexity index is 1310. The van der Waals surface area contributed by atoms with Gasteiger partial charge in [0.15, 0.2) is 5.65 Å². The summed E-state index contributed by atoms with van der Waals surface area (Å²) in [6, 6.07) is 7.90. The molecule has 4 aromatic rings. The van der Waals surface area contributed by atoms with Gasteiger partial charge in [-0.15, -0.1) is 0 Å². The molecule has 0 bridgehead atoms. The van der Waals surface area contributed by atoms with E-state index in [4.69, 9.17) is 0 Å². The summed E-state index contributed by atoms with van der Waals surface area (Å²) in [5.41, 5.74) is -1.39. The lowest BCUT2D eigenvalue weighted by Crippen LogP contribution is -2.06. The molecule has 0 aliphatic rings. The number of benzene rings is 1. The first-order chi connectivity index (χ1) is 14.7. The fourth-order valence-electron chi connectivity index (χ4n) is 2.98. The Morgan fingerprint density at radius 2 is 1.84 bits per heavy atom. The van der Waals surface area contributed by atoms with Gasteiger partial charge >= 0.3 is 11.9 Å². The van der Waals surface area contributed by atoms with Gasteiger partial charge in [-0.1, -0.05) is 0 Å². The zero-order valence-electron chi connectivity index (χ0n) is 15.4. The van der Waals surface area contributed by atoms with Crippen molar-refractivity contribution in [3.63, 3.8) is 0 Å². The molecule has 0 saturated heterocycles. The van der Waals surface area contributed by atoms with E-state index in [-0.39, 0.29) is 34.0 Å². The van der Waals surface area contributed by atoms with Crippen LogP contribution in [-0.2, 0) is 6.18 Å². The second kappa shape index (κ2) is 7.59. The molecule has 0 saturated carbocycles. The number of nitrogens with zero attached hydrogens (tertiary/aromatic N) is 4. The first kappa shape index (κ1) is 20.1. The van der Waals surface area contributed by atoms with Crippen LogP contribution in [0.2, 0.25) is 0 Å². The highest BCUT2D eigenvalue weighted by molar-refractivity contribution is 5.94. The summed E-state index contributed by atoms with van der Waals surface area (Å²) in [6.45, 7) is 0. The maximum atomic E-state index is 14.4. The molecule has 31 heavy (non-hydrogen) atoms. The van der Waals surface area contributed by atoms with Crippen molar-refractivity contribution >= 4 is 28.1 Å². The maximum Gasteiger partial charge on any atom is 0.416 e. The van der Waals surface area contributed by atoms with Crippen LogP contribution < -0.4 is 5.32 Å². The summed E-state index contributed by atoms with van der Waals surface area (Å²) in [4.78, 5) is 22.6. The molecule has 4 rings (SSSR count). The molecule has 11 heteroatoms. The first-order valence-electron chi connectivity index (χ1n) is 8.72. The Hall–Kier alpha value is -4.15. The van der Waals surface area contributed by atoms with E-state index in [1.54, 1.807) is 12.1 Å². The Kier molecular flexibility index (Phi) is 4.93. The Labute approximate surface area is 171 Å². The van der Waals surface area contributed by atoms with Crippen LogP contribution in [0, 0.1) is 15.9 Å². The van der Waals surface area contributed by atoms with Crippen molar-refractivity contribution in [1.82, 2.24) is 15.0 Å². The second-order valence-corrected chi connectivity index (χ2v) is 6.40. The highest BCUT2D eigenvalue weighted by Gasteiger charge is 2.31. The van der Waals surface area contributed by atoms with Crippen molar-refractivity contribution in [3.05, 3.63) is 82.6 Å². The molecule has 7 nitrogen and oxygen atoms in total. The summed E-state index contributed by atoms with van der Waals surface area (Å²) in [7, 11) is 0. The van der Waals surface area contributed by atoms with Crippen LogP contribution in [0.3, 0.4) is 0 Å². The van der Waals surface area contributed by atoms with Crippen molar-refractivity contribution < 1.29 is 22.5 Å². The van der Waals surface area contributed by atoms with E-state index in [1.807, 2.05) is 0 Å².